The van der Waals surface area contributed by atoms with Crippen LogP contribution in [0.4, 0.5) is 0 Å². The quantitative estimate of drug-likeness (QED) is 0.0215. The highest BCUT2D eigenvalue weighted by Gasteiger charge is 2.44. The molecule has 0 spiro atoms. The van der Waals surface area contributed by atoms with E-state index in [0.717, 1.165) is 44.9 Å². The minimum atomic E-state index is -1.67. The molecule has 1 aliphatic rings. The number of carbonyl (C=O) groups is 1. The fraction of sp³-hybridized carbons (Fsp3) is 0.866. The molecule has 11 nitrogen and oxygen atoms in total. The van der Waals surface area contributed by atoms with E-state index in [-0.39, 0.29) is 12.8 Å². The summed E-state index contributed by atoms with van der Waals surface area (Å²) in [5, 5.41) is 76.3. The molecule has 458 valence electrons. The van der Waals surface area contributed by atoms with Crippen LogP contribution in [0, 0.1) is 0 Å². The van der Waals surface area contributed by atoms with Crippen LogP contribution in [0.2, 0.25) is 0 Å². The highest BCUT2D eigenvalue weighted by Crippen LogP contribution is 2.23. The van der Waals surface area contributed by atoms with Crippen LogP contribution in [0.25, 0.3) is 0 Å². The highest BCUT2D eigenvalue weighted by atomic mass is 16.7. The van der Waals surface area contributed by atoms with E-state index in [4.69, 9.17) is 9.47 Å². The Kier molecular flexibility index (Phi) is 52.8. The number of aliphatic hydroxyl groups excluding tert-OH is 7. The molecule has 0 aromatic rings. The number of amides is 1. The van der Waals surface area contributed by atoms with Crippen LogP contribution < -0.4 is 5.32 Å². The molecule has 8 N–H and O–H groups in total. The topological polar surface area (TPSA) is 189 Å². The summed E-state index contributed by atoms with van der Waals surface area (Å²) in [6, 6.07) is -1.19. The maximum atomic E-state index is 13.2. The Bertz CT molecular complexity index is 1410. The molecule has 1 heterocycles. The van der Waals surface area contributed by atoms with Gasteiger partial charge >= 0.3 is 0 Å². The van der Waals surface area contributed by atoms with E-state index < -0.39 is 74.2 Å². The molecule has 9 unspecified atom stereocenters. The first-order valence-electron chi connectivity index (χ1n) is 33.0. The van der Waals surface area contributed by atoms with Crippen LogP contribution in [-0.2, 0) is 14.3 Å². The maximum absolute atomic E-state index is 13.2. The number of rotatable bonds is 57. The van der Waals surface area contributed by atoms with E-state index in [1.165, 1.54) is 212 Å². The SMILES string of the molecule is CCCCCCCCCCC/C=C\C/C=C\CCCCCCCCCCCCCCC(O)C(=O)NC(COC1OC(CO)C(O)C(O)C1O)C(O)C(O)CCC/C=C/CC/C=C/CCCCCCCCCCCCCCCC. The van der Waals surface area contributed by atoms with Gasteiger partial charge in [0.15, 0.2) is 6.29 Å². The van der Waals surface area contributed by atoms with Crippen molar-refractivity contribution in [1.29, 1.82) is 0 Å². The Morgan fingerprint density at radius 1 is 0.449 bits per heavy atom. The molecule has 1 rings (SSSR count). The first kappa shape index (κ1) is 74.1. The normalized spacial score (nSPS) is 19.7. The van der Waals surface area contributed by atoms with E-state index in [0.29, 0.717) is 19.3 Å². The van der Waals surface area contributed by atoms with Crippen molar-refractivity contribution in [2.45, 2.75) is 358 Å². The molecule has 0 saturated carbocycles. The minimum Gasteiger partial charge on any atom is -0.394 e. The maximum Gasteiger partial charge on any atom is 0.249 e. The molecule has 1 fully saturated rings. The second kappa shape index (κ2) is 55.6. The van der Waals surface area contributed by atoms with E-state index in [2.05, 4.69) is 67.8 Å². The first-order chi connectivity index (χ1) is 38.2. The van der Waals surface area contributed by atoms with Crippen molar-refractivity contribution < 1.29 is 50.0 Å². The molecular weight excluding hydrogens is 979 g/mol. The average molecular weight is 1100 g/mol. The van der Waals surface area contributed by atoms with Crippen molar-refractivity contribution in [2.75, 3.05) is 13.2 Å². The molecule has 11 heteroatoms. The number of aliphatic hydroxyl groups is 7. The second-order valence-electron chi connectivity index (χ2n) is 23.2. The summed E-state index contributed by atoms with van der Waals surface area (Å²) >= 11 is 0. The van der Waals surface area contributed by atoms with Crippen LogP contribution in [-0.4, -0.2) is 110 Å². The van der Waals surface area contributed by atoms with E-state index in [1.54, 1.807) is 0 Å². The van der Waals surface area contributed by atoms with Crippen LogP contribution >= 0.6 is 0 Å². The fourth-order valence-corrected chi connectivity index (χ4v) is 10.5. The lowest BCUT2D eigenvalue weighted by Gasteiger charge is -2.40. The number of allylic oxidation sites excluding steroid dienone is 8. The molecule has 0 radical (unpaired) electrons. The molecule has 78 heavy (non-hydrogen) atoms. The number of unbranched alkanes of at least 4 members (excludes halogenated alkanes) is 37. The predicted molar refractivity (Wildman–Crippen MR) is 325 cm³/mol. The lowest BCUT2D eigenvalue weighted by Crippen LogP contribution is -2.60. The third kappa shape index (κ3) is 42.8. The summed E-state index contributed by atoms with van der Waals surface area (Å²) in [5.41, 5.74) is 0. The lowest BCUT2D eigenvalue weighted by molar-refractivity contribution is -0.303. The van der Waals surface area contributed by atoms with Crippen LogP contribution in [0.1, 0.15) is 303 Å². The zero-order valence-electron chi connectivity index (χ0n) is 50.4. The van der Waals surface area contributed by atoms with Gasteiger partial charge < -0.3 is 50.5 Å². The second-order valence-corrected chi connectivity index (χ2v) is 23.2. The largest absolute Gasteiger partial charge is 0.394 e. The number of carbonyl (C=O) groups excluding carboxylic acids is 1. The van der Waals surface area contributed by atoms with Crippen molar-refractivity contribution >= 4 is 5.91 Å². The van der Waals surface area contributed by atoms with Crippen LogP contribution in [0.3, 0.4) is 0 Å². The van der Waals surface area contributed by atoms with Gasteiger partial charge in [-0.15, -0.1) is 0 Å². The lowest BCUT2D eigenvalue weighted by atomic mass is 9.98. The smallest absolute Gasteiger partial charge is 0.249 e. The predicted octanol–water partition coefficient (Wildman–Crippen LogP) is 15.2. The fourth-order valence-electron chi connectivity index (χ4n) is 10.5. The third-order valence-corrected chi connectivity index (χ3v) is 15.8. The van der Waals surface area contributed by atoms with Gasteiger partial charge in [-0.1, -0.05) is 268 Å². The Labute approximate surface area is 479 Å². The molecule has 1 amide bonds. The Hall–Kier alpha value is -1.93. The van der Waals surface area contributed by atoms with Crippen LogP contribution in [0.5, 0.6) is 0 Å². The van der Waals surface area contributed by atoms with Gasteiger partial charge in [-0.3, -0.25) is 4.79 Å². The van der Waals surface area contributed by atoms with Crippen molar-refractivity contribution in [3.8, 4) is 0 Å². The van der Waals surface area contributed by atoms with Gasteiger partial charge in [-0.25, -0.2) is 0 Å². The van der Waals surface area contributed by atoms with Gasteiger partial charge in [0, 0.05) is 0 Å². The van der Waals surface area contributed by atoms with E-state index in [1.807, 2.05) is 0 Å². The van der Waals surface area contributed by atoms with Gasteiger partial charge in [0.25, 0.3) is 0 Å². The summed E-state index contributed by atoms with van der Waals surface area (Å²) in [7, 11) is 0. The molecular formula is C67H125NO10. The van der Waals surface area contributed by atoms with E-state index in [9.17, 15) is 40.5 Å². The van der Waals surface area contributed by atoms with Gasteiger partial charge in [0.1, 0.15) is 36.6 Å². The molecule has 9 atom stereocenters. The van der Waals surface area contributed by atoms with Crippen molar-refractivity contribution in [3.63, 3.8) is 0 Å². The van der Waals surface area contributed by atoms with Crippen molar-refractivity contribution in [1.82, 2.24) is 5.32 Å². The zero-order chi connectivity index (χ0) is 56.8. The average Bonchev–Trinajstić information content (AvgIpc) is 3.46. The van der Waals surface area contributed by atoms with Gasteiger partial charge in [0.05, 0.1) is 25.4 Å². The first-order valence-corrected chi connectivity index (χ1v) is 33.0. The number of hydrogen-bond acceptors (Lipinski definition) is 10. The third-order valence-electron chi connectivity index (χ3n) is 15.8. The molecule has 1 aliphatic heterocycles. The summed E-state index contributed by atoms with van der Waals surface area (Å²) < 4.78 is 11.2. The summed E-state index contributed by atoms with van der Waals surface area (Å²) in [6.45, 7) is 3.47. The van der Waals surface area contributed by atoms with Crippen LogP contribution in [0.15, 0.2) is 48.6 Å². The Morgan fingerprint density at radius 3 is 1.22 bits per heavy atom. The van der Waals surface area contributed by atoms with Gasteiger partial charge in [-0.05, 0) is 83.5 Å². The molecule has 0 aromatic carbocycles. The molecule has 0 aliphatic carbocycles. The Balaban J connectivity index is 2.27. The highest BCUT2D eigenvalue weighted by molar-refractivity contribution is 5.80. The zero-order valence-corrected chi connectivity index (χ0v) is 50.4. The molecule has 0 bridgehead atoms. The summed E-state index contributed by atoms with van der Waals surface area (Å²) in [4.78, 5) is 13.2. The number of nitrogens with one attached hydrogen (secondary N) is 1. The van der Waals surface area contributed by atoms with Crippen molar-refractivity contribution in [3.05, 3.63) is 48.6 Å². The van der Waals surface area contributed by atoms with Crippen molar-refractivity contribution in [2.24, 2.45) is 0 Å². The number of hydrogen-bond donors (Lipinski definition) is 8. The van der Waals surface area contributed by atoms with E-state index >= 15 is 0 Å². The number of ether oxygens (including phenoxy) is 2. The molecule has 0 aromatic heterocycles. The summed E-state index contributed by atoms with van der Waals surface area (Å²) in [5.74, 6) is -0.709. The van der Waals surface area contributed by atoms with Gasteiger partial charge in [0.2, 0.25) is 5.91 Å². The Morgan fingerprint density at radius 2 is 0.808 bits per heavy atom. The monoisotopic (exact) mass is 1100 g/mol. The molecule has 1 saturated heterocycles. The summed E-state index contributed by atoms with van der Waals surface area (Å²) in [6.07, 6.45) is 60.4. The van der Waals surface area contributed by atoms with Gasteiger partial charge in [-0.2, -0.15) is 0 Å². The standard InChI is InChI=1S/C67H125NO10/c1-3-5-7-9-11-13-15-17-19-21-23-25-27-28-29-30-31-33-35-37-39-41-43-45-47-49-51-53-55-60(71)66(76)68-58(57-77-67-65(75)64(74)63(73)61(56-69)78-67)62(72)59(70)54-52-50-48-46-44-42-40-38-36-34-32-26-24-22-20-18-16-14-12-10-8-6-4-2/h23,25,28-29,38,40,46,48,58-65,67,69-75H,3-22,24,26-27,30-37,39,41-45,47,49-57H2,1-2H3,(H,68,76)/b25-23-,29-28-,40-38+,48-46+. The minimum absolute atomic E-state index is 0.246.